The number of benzene rings is 6. The molecule has 0 unspecified atom stereocenters. The third kappa shape index (κ3) is 19.8. The average molecular weight is 1020 g/mol. The summed E-state index contributed by atoms with van der Waals surface area (Å²) < 4.78 is 1.17. The number of aryl methyl sites for hydroxylation is 4. The Morgan fingerprint density at radius 2 is 0.924 bits per heavy atom. The molecule has 0 saturated carbocycles. The van der Waals surface area contributed by atoms with Crippen molar-refractivity contribution in [2.45, 2.75) is 59.3 Å². The number of carbonyl (C=O) groups excluding carboxylic acids is 1. The van der Waals surface area contributed by atoms with Crippen molar-refractivity contribution in [2.75, 3.05) is 5.32 Å². The molecule has 0 aliphatic carbocycles. The highest BCUT2D eigenvalue weighted by molar-refractivity contribution is 14.1. The second-order valence-electron chi connectivity index (χ2n) is 14.5. The number of thiophene rings is 1. The first kappa shape index (κ1) is 54.0. The summed E-state index contributed by atoms with van der Waals surface area (Å²) >= 11 is 3.55. The van der Waals surface area contributed by atoms with Crippen molar-refractivity contribution in [3.63, 3.8) is 0 Å². The summed E-state index contributed by atoms with van der Waals surface area (Å²) in [5.74, 6) is -2.68. The van der Waals surface area contributed by atoms with Gasteiger partial charge in [-0.15, -0.1) is 11.3 Å². The molecular weight excluding hydrogens is 964 g/mol. The molecule has 66 heavy (non-hydrogen) atoms. The van der Waals surface area contributed by atoms with E-state index in [0.717, 1.165) is 44.7 Å². The second-order valence-corrected chi connectivity index (χ2v) is 16.9. The normalized spacial score (nSPS) is 9.94. The average Bonchev–Trinajstić information content (AvgIpc) is 3.75. The van der Waals surface area contributed by atoms with Crippen LogP contribution in [0.15, 0.2) is 170 Å². The van der Waals surface area contributed by atoms with Gasteiger partial charge in [0.2, 0.25) is 5.91 Å². The molecule has 0 saturated heterocycles. The highest BCUT2D eigenvalue weighted by Gasteiger charge is 2.17. The summed E-state index contributed by atoms with van der Waals surface area (Å²) in [4.78, 5) is 45.2. The lowest BCUT2D eigenvalue weighted by atomic mass is 9.81. The number of carbonyl (C=O) groups is 4. The molecule has 6 aromatic carbocycles. The van der Waals surface area contributed by atoms with Crippen molar-refractivity contribution in [3.8, 4) is 22.3 Å². The minimum atomic E-state index is -1.34. The maximum absolute atomic E-state index is 12.2. The van der Waals surface area contributed by atoms with Crippen LogP contribution < -0.4 is 10.8 Å². The van der Waals surface area contributed by atoms with Crippen LogP contribution in [0.25, 0.3) is 22.3 Å². The van der Waals surface area contributed by atoms with E-state index in [4.69, 9.17) is 20.3 Å². The van der Waals surface area contributed by atoms with Crippen molar-refractivity contribution >= 4 is 75.3 Å². The summed E-state index contributed by atoms with van der Waals surface area (Å²) in [7, 11) is -1.34. The molecule has 0 aliphatic rings. The number of aromatic carboxylic acids is 1. The summed E-state index contributed by atoms with van der Waals surface area (Å²) in [5, 5.41) is 46.6. The Morgan fingerprint density at radius 3 is 1.29 bits per heavy atom. The lowest BCUT2D eigenvalue weighted by Gasteiger charge is -2.06. The van der Waals surface area contributed by atoms with E-state index in [2.05, 4.69) is 64.3 Å². The Bertz CT molecular complexity index is 2520. The number of hydrogen-bond acceptors (Lipinski definition) is 7. The summed E-state index contributed by atoms with van der Waals surface area (Å²) in [6, 6.07) is 54.7. The van der Waals surface area contributed by atoms with Crippen molar-refractivity contribution in [2.24, 2.45) is 0 Å². The Labute approximate surface area is 405 Å². The summed E-state index contributed by atoms with van der Waals surface area (Å²) in [5.41, 5.74) is 8.54. The van der Waals surface area contributed by atoms with Gasteiger partial charge in [-0.2, -0.15) is 0 Å². The molecule has 10 nitrogen and oxygen atoms in total. The standard InChI is InChI=1S/C22H21NO3S.C15H14O2.C9H9IO2.C6H7BO2.CH4/c1-2-18-14-19(22(25)26)21(27-18)23-20(24)13-10-15-8-11-17(12-9-15)16-6-4-3-5-7-16;16-15(17)11-8-12-6-9-14(10-7-12)13-4-2-1-3-5-13;10-8-4-1-7(2-5-8)3-6-9(11)12;8-7(9)6-4-2-1-3-5-6;/h3-9,11-12,14H,2,10,13H2,1H3,(H,23,24)(H,25,26);1-7,9-10H,8,11H2,(H,16,17);1-2,4-5H,3,6H2,(H,11,12);1-5,8-9H;1H4. The first-order chi connectivity index (χ1) is 31.3. The zero-order valence-corrected chi connectivity index (χ0v) is 38.8. The largest absolute Gasteiger partial charge is 0.488 e. The molecule has 1 amide bonds. The Morgan fingerprint density at radius 1 is 0.545 bits per heavy atom. The van der Waals surface area contributed by atoms with Gasteiger partial charge in [-0.25, -0.2) is 4.79 Å². The molecule has 342 valence electrons. The lowest BCUT2D eigenvalue weighted by molar-refractivity contribution is -0.138. The number of amides is 1. The molecule has 7 aromatic rings. The first-order valence-electron chi connectivity index (χ1n) is 20.8. The van der Waals surface area contributed by atoms with Gasteiger partial charge < -0.3 is 30.7 Å². The fourth-order valence-corrected chi connectivity index (χ4v) is 7.45. The topological polar surface area (TPSA) is 181 Å². The van der Waals surface area contributed by atoms with E-state index in [0.29, 0.717) is 36.1 Å². The molecule has 0 radical (unpaired) electrons. The third-order valence-corrected chi connectivity index (χ3v) is 11.6. The molecule has 0 bridgehead atoms. The number of nitrogens with one attached hydrogen (secondary N) is 1. The van der Waals surface area contributed by atoms with E-state index in [1.807, 2.05) is 110 Å². The zero-order valence-electron chi connectivity index (χ0n) is 35.8. The van der Waals surface area contributed by atoms with Gasteiger partial charge in [0.25, 0.3) is 0 Å². The van der Waals surface area contributed by atoms with E-state index >= 15 is 0 Å². The Balaban J connectivity index is 0.000000253. The molecule has 0 atom stereocenters. The van der Waals surface area contributed by atoms with Crippen LogP contribution in [0.1, 0.15) is 65.5 Å². The molecular formula is C53H55BINO9S. The van der Waals surface area contributed by atoms with E-state index in [9.17, 15) is 24.3 Å². The Hall–Kier alpha value is -6.39. The second kappa shape index (κ2) is 29.2. The van der Waals surface area contributed by atoms with Crippen LogP contribution in [0.5, 0.6) is 0 Å². The van der Waals surface area contributed by atoms with Crippen molar-refractivity contribution in [3.05, 3.63) is 201 Å². The van der Waals surface area contributed by atoms with Crippen molar-refractivity contribution < 1.29 is 44.5 Å². The number of anilines is 1. The lowest BCUT2D eigenvalue weighted by Crippen LogP contribution is -2.29. The number of rotatable bonds is 15. The van der Waals surface area contributed by atoms with Gasteiger partial charge in [-0.05, 0) is 111 Å². The fraction of sp³-hybridized carbons (Fsp3) is 0.170. The van der Waals surface area contributed by atoms with Gasteiger partial charge in [0.05, 0.1) is 5.56 Å². The SMILES string of the molecule is C.CCc1cc(C(=O)O)c(NC(=O)CCc2ccc(-c3ccccc3)cc2)s1.O=C(O)CCc1ccc(-c2ccccc2)cc1.O=C(O)CCc1ccc(I)cc1.OB(O)c1ccccc1. The third-order valence-electron chi connectivity index (χ3n) is 9.64. The maximum atomic E-state index is 12.2. The Kier molecular flexibility index (Phi) is 23.9. The van der Waals surface area contributed by atoms with Gasteiger partial charge in [-0.1, -0.05) is 166 Å². The van der Waals surface area contributed by atoms with Gasteiger partial charge in [0.15, 0.2) is 0 Å². The fourth-order valence-electron chi connectivity index (χ4n) is 6.08. The highest BCUT2D eigenvalue weighted by Crippen LogP contribution is 2.29. The monoisotopic (exact) mass is 1020 g/mol. The van der Waals surface area contributed by atoms with Crippen LogP contribution in [0.3, 0.4) is 0 Å². The van der Waals surface area contributed by atoms with E-state index in [1.54, 1.807) is 30.3 Å². The summed E-state index contributed by atoms with van der Waals surface area (Å²) in [6.07, 6.45) is 3.26. The number of halogens is 1. The van der Waals surface area contributed by atoms with E-state index < -0.39 is 25.0 Å². The van der Waals surface area contributed by atoms with Crippen molar-refractivity contribution in [1.82, 2.24) is 0 Å². The van der Waals surface area contributed by atoms with Crippen LogP contribution in [-0.4, -0.2) is 56.3 Å². The maximum Gasteiger partial charge on any atom is 0.488 e. The van der Waals surface area contributed by atoms with Gasteiger partial charge in [0, 0.05) is 27.7 Å². The van der Waals surface area contributed by atoms with Gasteiger partial charge in [-0.3, -0.25) is 14.4 Å². The van der Waals surface area contributed by atoms with Crippen LogP contribution in [-0.2, 0) is 40.1 Å². The predicted molar refractivity (Wildman–Crippen MR) is 275 cm³/mol. The number of carboxylic acid groups (broad SMARTS) is 3. The number of hydrogen-bond donors (Lipinski definition) is 6. The minimum absolute atomic E-state index is 0. The molecule has 0 spiro atoms. The van der Waals surface area contributed by atoms with Crippen molar-refractivity contribution in [1.29, 1.82) is 0 Å². The smallest absolute Gasteiger partial charge is 0.481 e. The molecule has 13 heteroatoms. The van der Waals surface area contributed by atoms with Crippen LogP contribution in [0, 0.1) is 3.57 Å². The van der Waals surface area contributed by atoms with Crippen LogP contribution in [0.2, 0.25) is 0 Å². The quantitative estimate of drug-likeness (QED) is 0.0430. The van der Waals surface area contributed by atoms with Crippen LogP contribution in [0.4, 0.5) is 5.00 Å². The molecule has 7 rings (SSSR count). The summed E-state index contributed by atoms with van der Waals surface area (Å²) in [6.45, 7) is 1.96. The molecule has 0 fully saturated rings. The van der Waals surface area contributed by atoms with Gasteiger partial charge in [0.1, 0.15) is 5.00 Å². The van der Waals surface area contributed by atoms with Gasteiger partial charge >= 0.3 is 25.0 Å². The molecule has 1 heterocycles. The highest BCUT2D eigenvalue weighted by atomic mass is 127. The molecule has 0 aliphatic heterocycles. The number of carboxylic acids is 3. The molecule has 6 N–H and O–H groups in total. The zero-order chi connectivity index (χ0) is 47.0. The predicted octanol–water partition coefficient (Wildman–Crippen LogP) is 10.9. The number of aliphatic carboxylic acids is 2. The molecule has 1 aromatic heterocycles. The van der Waals surface area contributed by atoms with E-state index in [-0.39, 0.29) is 31.7 Å². The van der Waals surface area contributed by atoms with E-state index in [1.165, 1.54) is 20.5 Å². The first-order valence-corrected chi connectivity index (χ1v) is 22.7. The van der Waals surface area contributed by atoms with Crippen LogP contribution >= 0.6 is 33.9 Å². The minimum Gasteiger partial charge on any atom is -0.481 e.